The average molecular weight is 471 g/mol. The van der Waals surface area contributed by atoms with Crippen molar-refractivity contribution in [2.75, 3.05) is 33.3 Å². The molecule has 1 aromatic carbocycles. The fraction of sp³-hybridized carbons (Fsp3) is 0.583. The zero-order valence-electron chi connectivity index (χ0n) is 20.0. The molecule has 3 amide bonds. The van der Waals surface area contributed by atoms with Gasteiger partial charge in [-0.05, 0) is 44.0 Å². The van der Waals surface area contributed by atoms with E-state index in [0.29, 0.717) is 18.3 Å². The van der Waals surface area contributed by atoms with Crippen LogP contribution in [-0.2, 0) is 11.3 Å². The van der Waals surface area contributed by atoms with Crippen molar-refractivity contribution in [3.8, 4) is 17.1 Å². The molecule has 0 radical (unpaired) electrons. The van der Waals surface area contributed by atoms with Crippen LogP contribution >= 0.6 is 0 Å². The standard InChI is InChI=1S/C24H34N6O4/c1-17(23(31)27-24(32)25-19-6-4-3-5-7-19)30-14-12-29(13-15-30)16-21-26-22(28-34-21)18-8-10-20(33-2)11-9-18/h8-11,17,19H,3-7,12-16H2,1-2H3,(H2,25,27,31,32). The fourth-order valence-corrected chi connectivity index (χ4v) is 4.53. The Bertz CT molecular complexity index is 949. The van der Waals surface area contributed by atoms with Gasteiger partial charge in [0, 0.05) is 37.8 Å². The number of benzene rings is 1. The van der Waals surface area contributed by atoms with Crippen molar-refractivity contribution in [3.05, 3.63) is 30.2 Å². The number of amides is 3. The van der Waals surface area contributed by atoms with Crippen LogP contribution in [0.1, 0.15) is 44.9 Å². The number of carbonyl (C=O) groups excluding carboxylic acids is 2. The van der Waals surface area contributed by atoms with Crippen molar-refractivity contribution < 1.29 is 18.8 Å². The number of rotatable bonds is 7. The highest BCUT2D eigenvalue weighted by Crippen LogP contribution is 2.20. The predicted octanol–water partition coefficient (Wildman–Crippen LogP) is 2.41. The molecule has 2 aliphatic rings. The summed E-state index contributed by atoms with van der Waals surface area (Å²) >= 11 is 0. The zero-order chi connectivity index (χ0) is 23.9. The van der Waals surface area contributed by atoms with E-state index in [1.165, 1.54) is 6.42 Å². The first-order valence-corrected chi connectivity index (χ1v) is 12.1. The number of nitrogens with one attached hydrogen (secondary N) is 2. The van der Waals surface area contributed by atoms with Gasteiger partial charge in [-0.1, -0.05) is 24.4 Å². The van der Waals surface area contributed by atoms with E-state index >= 15 is 0 Å². The van der Waals surface area contributed by atoms with Crippen LogP contribution in [0.15, 0.2) is 28.8 Å². The third-order valence-corrected chi connectivity index (χ3v) is 6.69. The molecular formula is C24H34N6O4. The first-order chi connectivity index (χ1) is 16.5. The highest BCUT2D eigenvalue weighted by molar-refractivity contribution is 5.96. The molecule has 2 heterocycles. The van der Waals surface area contributed by atoms with Crippen LogP contribution in [0.25, 0.3) is 11.4 Å². The monoisotopic (exact) mass is 470 g/mol. The largest absolute Gasteiger partial charge is 0.497 e. The van der Waals surface area contributed by atoms with Crippen molar-refractivity contribution in [1.82, 2.24) is 30.6 Å². The van der Waals surface area contributed by atoms with Gasteiger partial charge in [0.15, 0.2) is 0 Å². The van der Waals surface area contributed by atoms with Crippen LogP contribution in [0.4, 0.5) is 4.79 Å². The molecule has 1 unspecified atom stereocenters. The van der Waals surface area contributed by atoms with E-state index in [0.717, 1.165) is 63.2 Å². The molecule has 1 aromatic heterocycles. The maximum absolute atomic E-state index is 12.6. The number of aromatic nitrogens is 2. The van der Waals surface area contributed by atoms with Gasteiger partial charge >= 0.3 is 6.03 Å². The lowest BCUT2D eigenvalue weighted by Crippen LogP contribution is -2.55. The van der Waals surface area contributed by atoms with Gasteiger partial charge in [0.05, 0.1) is 19.7 Å². The third kappa shape index (κ3) is 6.32. The van der Waals surface area contributed by atoms with Crippen LogP contribution in [0.5, 0.6) is 5.75 Å². The van der Waals surface area contributed by atoms with Crippen molar-refractivity contribution in [1.29, 1.82) is 0 Å². The van der Waals surface area contributed by atoms with Crippen molar-refractivity contribution in [3.63, 3.8) is 0 Å². The van der Waals surface area contributed by atoms with E-state index in [1.54, 1.807) is 7.11 Å². The van der Waals surface area contributed by atoms with Gasteiger partial charge in [0.25, 0.3) is 0 Å². The summed E-state index contributed by atoms with van der Waals surface area (Å²) in [5.74, 6) is 1.62. The number of imide groups is 1. The molecule has 1 aliphatic heterocycles. The number of urea groups is 1. The molecule has 0 spiro atoms. The Morgan fingerprint density at radius 1 is 1.12 bits per heavy atom. The molecule has 4 rings (SSSR count). The van der Waals surface area contributed by atoms with Crippen LogP contribution in [0.3, 0.4) is 0 Å². The van der Waals surface area contributed by atoms with E-state index in [-0.39, 0.29) is 24.0 Å². The smallest absolute Gasteiger partial charge is 0.321 e. The number of piperazine rings is 1. The Kier molecular flexibility index (Phi) is 8.12. The van der Waals surface area contributed by atoms with E-state index < -0.39 is 0 Å². The molecule has 2 fully saturated rings. The van der Waals surface area contributed by atoms with Crippen molar-refractivity contribution in [2.24, 2.45) is 0 Å². The lowest BCUT2D eigenvalue weighted by molar-refractivity contribution is -0.125. The molecule has 1 atom stereocenters. The maximum Gasteiger partial charge on any atom is 0.321 e. The number of carbonyl (C=O) groups is 2. The summed E-state index contributed by atoms with van der Waals surface area (Å²) < 4.78 is 10.6. The molecule has 0 bridgehead atoms. The number of nitrogens with zero attached hydrogens (tertiary/aromatic N) is 4. The molecule has 1 saturated carbocycles. The van der Waals surface area contributed by atoms with E-state index in [4.69, 9.17) is 9.26 Å². The summed E-state index contributed by atoms with van der Waals surface area (Å²) in [5, 5.41) is 9.54. The second-order valence-electron chi connectivity index (χ2n) is 9.03. The van der Waals surface area contributed by atoms with Crippen LogP contribution in [0.2, 0.25) is 0 Å². The first-order valence-electron chi connectivity index (χ1n) is 12.1. The Labute approximate surface area is 200 Å². The number of hydrogen-bond acceptors (Lipinski definition) is 8. The van der Waals surface area contributed by atoms with Gasteiger partial charge in [-0.15, -0.1) is 0 Å². The maximum atomic E-state index is 12.6. The van der Waals surface area contributed by atoms with Crippen molar-refractivity contribution in [2.45, 2.75) is 57.7 Å². The molecule has 1 aliphatic carbocycles. The van der Waals surface area contributed by atoms with Gasteiger partial charge in [-0.25, -0.2) is 4.79 Å². The third-order valence-electron chi connectivity index (χ3n) is 6.69. The Hall–Kier alpha value is -2.98. The summed E-state index contributed by atoms with van der Waals surface area (Å²) in [6, 6.07) is 6.94. The quantitative estimate of drug-likeness (QED) is 0.634. The summed E-state index contributed by atoms with van der Waals surface area (Å²) in [6.07, 6.45) is 5.46. The average Bonchev–Trinajstić information content (AvgIpc) is 3.33. The molecule has 34 heavy (non-hydrogen) atoms. The summed E-state index contributed by atoms with van der Waals surface area (Å²) in [5.41, 5.74) is 0.869. The number of ether oxygens (including phenoxy) is 1. The minimum absolute atomic E-state index is 0.176. The van der Waals surface area contributed by atoms with Crippen LogP contribution in [0, 0.1) is 0 Å². The molecule has 10 nitrogen and oxygen atoms in total. The predicted molar refractivity (Wildman–Crippen MR) is 126 cm³/mol. The van der Waals surface area contributed by atoms with Gasteiger partial charge < -0.3 is 14.6 Å². The van der Waals surface area contributed by atoms with Gasteiger partial charge in [-0.3, -0.25) is 19.9 Å². The van der Waals surface area contributed by atoms with Gasteiger partial charge in [0.1, 0.15) is 5.75 Å². The molecule has 2 N–H and O–H groups in total. The van der Waals surface area contributed by atoms with E-state index in [2.05, 4.69) is 30.6 Å². The van der Waals surface area contributed by atoms with Crippen LogP contribution < -0.4 is 15.4 Å². The van der Waals surface area contributed by atoms with E-state index in [9.17, 15) is 9.59 Å². The first kappa shape index (κ1) is 24.2. The lowest BCUT2D eigenvalue weighted by atomic mass is 9.96. The molecule has 10 heteroatoms. The summed E-state index contributed by atoms with van der Waals surface area (Å²) in [6.45, 7) is 5.38. The highest BCUT2D eigenvalue weighted by Gasteiger charge is 2.28. The fourth-order valence-electron chi connectivity index (χ4n) is 4.53. The highest BCUT2D eigenvalue weighted by atomic mass is 16.5. The molecule has 2 aromatic rings. The summed E-state index contributed by atoms with van der Waals surface area (Å²) in [7, 11) is 1.63. The number of hydrogen-bond donors (Lipinski definition) is 2. The lowest BCUT2D eigenvalue weighted by Gasteiger charge is -2.36. The second kappa shape index (κ2) is 11.4. The van der Waals surface area contributed by atoms with Gasteiger partial charge in [-0.2, -0.15) is 4.98 Å². The molecule has 184 valence electrons. The minimum Gasteiger partial charge on any atom is -0.497 e. The van der Waals surface area contributed by atoms with E-state index in [1.807, 2.05) is 31.2 Å². The Morgan fingerprint density at radius 3 is 2.50 bits per heavy atom. The normalized spacial score (nSPS) is 18.9. The Morgan fingerprint density at radius 2 is 1.82 bits per heavy atom. The SMILES string of the molecule is COc1ccc(-c2noc(CN3CCN(C(C)C(=O)NC(=O)NC4CCCCC4)CC3)n2)cc1. The second-order valence-corrected chi connectivity index (χ2v) is 9.03. The van der Waals surface area contributed by atoms with Crippen LogP contribution in [-0.4, -0.2) is 77.3 Å². The molecule has 1 saturated heterocycles. The van der Waals surface area contributed by atoms with Gasteiger partial charge in [0.2, 0.25) is 17.6 Å². The topological polar surface area (TPSA) is 113 Å². The molecular weight excluding hydrogens is 436 g/mol. The Balaban J connectivity index is 1.21. The summed E-state index contributed by atoms with van der Waals surface area (Å²) in [4.78, 5) is 33.6. The minimum atomic E-state index is -0.383. The van der Waals surface area contributed by atoms with Crippen molar-refractivity contribution >= 4 is 11.9 Å². The number of methoxy groups -OCH3 is 1. The zero-order valence-corrected chi connectivity index (χ0v) is 20.0.